The van der Waals surface area contributed by atoms with E-state index >= 15 is 0 Å². The van der Waals surface area contributed by atoms with Crippen molar-refractivity contribution < 1.29 is 36.1 Å². The molecule has 0 fully saturated rings. The predicted molar refractivity (Wildman–Crippen MR) is 29.8 cm³/mol. The van der Waals surface area contributed by atoms with Gasteiger partial charge in [0, 0.05) is 25.8 Å². The van der Waals surface area contributed by atoms with Gasteiger partial charge in [0.15, 0.2) is 11.5 Å². The summed E-state index contributed by atoms with van der Waals surface area (Å²) in [4.78, 5) is 0. The minimum absolute atomic E-state index is 0. The van der Waals surface area contributed by atoms with Crippen LogP contribution in [0.5, 0.6) is 11.5 Å². The molecule has 0 unspecified atom stereocenters. The van der Waals surface area contributed by atoms with E-state index in [1.807, 2.05) is 0 Å². The minimum Gasteiger partial charge on any atom is -0.504 e. The molecule has 0 aliphatic carbocycles. The van der Waals surface area contributed by atoms with Gasteiger partial charge in [-0.25, -0.2) is 0 Å². The second kappa shape index (κ2) is 3.67. The van der Waals surface area contributed by atoms with E-state index in [0.29, 0.717) is 0 Å². The first-order valence-corrected chi connectivity index (χ1v) is 2.27. The largest absolute Gasteiger partial charge is 0.504 e. The number of benzene rings is 1. The predicted octanol–water partition coefficient (Wildman–Crippen LogP) is 1.10. The van der Waals surface area contributed by atoms with Crippen molar-refractivity contribution in [2.45, 2.75) is 0 Å². The average Bonchev–Trinajstić information content (AvgIpc) is 1.77. The third kappa shape index (κ3) is 2.18. The van der Waals surface area contributed by atoms with Crippen molar-refractivity contribution in [1.29, 1.82) is 0 Å². The number of phenolic OH excluding ortho intramolecular Hbond substituents is 2. The maximum Gasteiger partial charge on any atom is 0.157 e. The monoisotopic (exact) mass is 155 g/mol. The Morgan fingerprint density at radius 3 is 1.44 bits per heavy atom. The van der Waals surface area contributed by atoms with E-state index in [9.17, 15) is 0 Å². The first-order chi connectivity index (χ1) is 3.80. The van der Waals surface area contributed by atoms with Gasteiger partial charge in [0.25, 0.3) is 0 Å². The quantitative estimate of drug-likeness (QED) is 0.550. The van der Waals surface area contributed by atoms with Crippen molar-refractivity contribution in [2.75, 3.05) is 0 Å². The van der Waals surface area contributed by atoms with Gasteiger partial charge in [-0.3, -0.25) is 0 Å². The number of phenols is 2. The summed E-state index contributed by atoms with van der Waals surface area (Å²) < 4.78 is 0. The SMILES string of the molecule is Oc1ccccc1O.[Sc]. The Labute approximate surface area is 71.9 Å². The summed E-state index contributed by atoms with van der Waals surface area (Å²) in [5.74, 6) is -0.153. The topological polar surface area (TPSA) is 40.5 Å². The molecule has 3 heteroatoms. The summed E-state index contributed by atoms with van der Waals surface area (Å²) in [7, 11) is 0. The van der Waals surface area contributed by atoms with Gasteiger partial charge in [0.2, 0.25) is 0 Å². The Morgan fingerprint density at radius 2 is 1.22 bits per heavy atom. The van der Waals surface area contributed by atoms with Gasteiger partial charge >= 0.3 is 0 Å². The van der Waals surface area contributed by atoms with Crippen LogP contribution in [0.4, 0.5) is 0 Å². The first kappa shape index (κ1) is 8.69. The van der Waals surface area contributed by atoms with Crippen molar-refractivity contribution >= 4 is 0 Å². The normalized spacial score (nSPS) is 8.00. The van der Waals surface area contributed by atoms with Crippen molar-refractivity contribution in [3.8, 4) is 11.5 Å². The average molecular weight is 155 g/mol. The maximum atomic E-state index is 8.67. The molecule has 0 aliphatic heterocycles. The van der Waals surface area contributed by atoms with Crippen LogP contribution < -0.4 is 0 Å². The molecular weight excluding hydrogens is 149 g/mol. The summed E-state index contributed by atoms with van der Waals surface area (Å²) in [6.07, 6.45) is 0. The summed E-state index contributed by atoms with van der Waals surface area (Å²) in [5, 5.41) is 17.3. The van der Waals surface area contributed by atoms with E-state index in [1.54, 1.807) is 12.1 Å². The van der Waals surface area contributed by atoms with Gasteiger partial charge in [-0.05, 0) is 12.1 Å². The maximum absolute atomic E-state index is 8.67. The van der Waals surface area contributed by atoms with Gasteiger partial charge in [-0.15, -0.1) is 0 Å². The van der Waals surface area contributed by atoms with Crippen molar-refractivity contribution in [3.63, 3.8) is 0 Å². The zero-order chi connectivity index (χ0) is 5.98. The number of hydrogen-bond donors (Lipinski definition) is 2. The number of hydrogen-bond acceptors (Lipinski definition) is 2. The first-order valence-electron chi connectivity index (χ1n) is 2.27. The fourth-order valence-corrected chi connectivity index (χ4v) is 0.464. The fraction of sp³-hybridized carbons (Fsp3) is 0. The number of para-hydroxylation sites is 2. The van der Waals surface area contributed by atoms with Crippen LogP contribution in [-0.4, -0.2) is 10.2 Å². The molecule has 0 heterocycles. The van der Waals surface area contributed by atoms with E-state index < -0.39 is 0 Å². The summed E-state index contributed by atoms with van der Waals surface area (Å²) >= 11 is 0. The number of aromatic hydroxyl groups is 2. The van der Waals surface area contributed by atoms with Crippen molar-refractivity contribution in [2.24, 2.45) is 0 Å². The zero-order valence-corrected chi connectivity index (χ0v) is 6.58. The second-order valence-corrected chi connectivity index (χ2v) is 1.49. The third-order valence-electron chi connectivity index (χ3n) is 0.882. The Morgan fingerprint density at radius 1 is 0.889 bits per heavy atom. The van der Waals surface area contributed by atoms with Crippen LogP contribution in [0, 0.1) is 0 Å². The molecule has 2 nitrogen and oxygen atoms in total. The molecule has 0 amide bonds. The molecule has 9 heavy (non-hydrogen) atoms. The molecule has 0 atom stereocenters. The Balaban J connectivity index is 0.000000640. The van der Waals surface area contributed by atoms with Crippen LogP contribution in [0.1, 0.15) is 0 Å². The van der Waals surface area contributed by atoms with Gasteiger partial charge in [-0.2, -0.15) is 0 Å². The molecule has 0 spiro atoms. The molecule has 0 saturated carbocycles. The standard InChI is InChI=1S/C6H6O2.Sc/c7-5-3-1-2-4-6(5)8;/h1-4,7-8H;. The van der Waals surface area contributed by atoms with E-state index in [2.05, 4.69) is 0 Å². The summed E-state index contributed by atoms with van der Waals surface area (Å²) in [6, 6.07) is 6.15. The molecule has 0 aromatic heterocycles. The summed E-state index contributed by atoms with van der Waals surface area (Å²) in [5.41, 5.74) is 0. The van der Waals surface area contributed by atoms with Crippen LogP contribution in [0.15, 0.2) is 24.3 Å². The van der Waals surface area contributed by atoms with Crippen LogP contribution in [0.3, 0.4) is 0 Å². The minimum atomic E-state index is -0.0764. The molecule has 1 rings (SSSR count). The molecule has 1 aromatic carbocycles. The van der Waals surface area contributed by atoms with Crippen molar-refractivity contribution in [3.05, 3.63) is 24.3 Å². The molecule has 1 radical (unpaired) electrons. The Kier molecular flexibility index (Phi) is 3.54. The van der Waals surface area contributed by atoms with Crippen LogP contribution in [0.25, 0.3) is 0 Å². The van der Waals surface area contributed by atoms with Crippen molar-refractivity contribution in [1.82, 2.24) is 0 Å². The number of rotatable bonds is 0. The molecule has 1 aromatic rings. The van der Waals surface area contributed by atoms with Crippen LogP contribution >= 0.6 is 0 Å². The molecular formula is C6H6O2Sc. The van der Waals surface area contributed by atoms with Gasteiger partial charge < -0.3 is 10.2 Å². The molecule has 0 saturated heterocycles. The van der Waals surface area contributed by atoms with E-state index in [4.69, 9.17) is 10.2 Å². The zero-order valence-electron chi connectivity index (χ0n) is 4.78. The van der Waals surface area contributed by atoms with Gasteiger partial charge in [-0.1, -0.05) is 12.1 Å². The van der Waals surface area contributed by atoms with Crippen LogP contribution in [0.2, 0.25) is 0 Å². The smallest absolute Gasteiger partial charge is 0.157 e. The molecule has 0 bridgehead atoms. The summed E-state index contributed by atoms with van der Waals surface area (Å²) in [6.45, 7) is 0. The third-order valence-corrected chi connectivity index (χ3v) is 0.882. The van der Waals surface area contributed by atoms with E-state index in [-0.39, 0.29) is 37.3 Å². The Hall–Kier alpha value is -0.310. The molecule has 45 valence electrons. The van der Waals surface area contributed by atoms with Crippen LogP contribution in [-0.2, 0) is 25.8 Å². The van der Waals surface area contributed by atoms with Gasteiger partial charge in [0.05, 0.1) is 0 Å². The second-order valence-electron chi connectivity index (χ2n) is 1.49. The van der Waals surface area contributed by atoms with E-state index in [0.717, 1.165) is 0 Å². The Bertz CT molecular complexity index is 167. The van der Waals surface area contributed by atoms with Gasteiger partial charge in [0.1, 0.15) is 0 Å². The molecule has 2 N–H and O–H groups in total. The van der Waals surface area contributed by atoms with E-state index in [1.165, 1.54) is 12.1 Å². The molecule has 0 aliphatic rings. The fourth-order valence-electron chi connectivity index (χ4n) is 0.464.